The van der Waals surface area contributed by atoms with Crippen molar-refractivity contribution in [3.05, 3.63) is 64.5 Å². The number of rotatable bonds is 7. The number of hydrogen-bond acceptors (Lipinski definition) is 5. The average Bonchev–Trinajstić information content (AvgIpc) is 3.07. The van der Waals surface area contributed by atoms with Crippen LogP contribution in [0.5, 0.6) is 5.75 Å². The molecule has 4 rings (SSSR count). The number of unbranched alkanes of at least 4 members (excludes halogenated alkanes) is 2. The van der Waals surface area contributed by atoms with E-state index >= 15 is 0 Å². The molecule has 0 bridgehead atoms. The highest BCUT2D eigenvalue weighted by Crippen LogP contribution is 2.22. The lowest BCUT2D eigenvalue weighted by molar-refractivity contribution is 0.303. The third kappa shape index (κ3) is 3.84. The standard InChI is InChI=1S/C21H21N3O3/c1-15-13-21(25)27-20-14-16(9-10-17(15)20)26-12-6-2-5-11-24-19-8-4-3-7-18(19)22-23-24/h3-4,7-10,13-14H,2,5-6,11-12H2,1H3. The summed E-state index contributed by atoms with van der Waals surface area (Å²) in [6.07, 6.45) is 3.00. The molecule has 2 aromatic heterocycles. The molecule has 0 N–H and O–H groups in total. The van der Waals surface area contributed by atoms with Crippen LogP contribution < -0.4 is 10.4 Å². The van der Waals surface area contributed by atoms with Crippen molar-refractivity contribution < 1.29 is 9.15 Å². The number of para-hydroxylation sites is 1. The molecule has 0 saturated carbocycles. The van der Waals surface area contributed by atoms with Crippen molar-refractivity contribution in [3.8, 4) is 5.75 Å². The van der Waals surface area contributed by atoms with Crippen molar-refractivity contribution in [2.45, 2.75) is 32.7 Å². The van der Waals surface area contributed by atoms with E-state index in [1.165, 1.54) is 6.07 Å². The van der Waals surface area contributed by atoms with Gasteiger partial charge < -0.3 is 9.15 Å². The summed E-state index contributed by atoms with van der Waals surface area (Å²) in [5.41, 5.74) is 3.14. The van der Waals surface area contributed by atoms with E-state index in [9.17, 15) is 4.79 Å². The summed E-state index contributed by atoms with van der Waals surface area (Å²) in [5.74, 6) is 0.721. The van der Waals surface area contributed by atoms with Gasteiger partial charge in [0.1, 0.15) is 16.8 Å². The molecule has 6 nitrogen and oxygen atoms in total. The topological polar surface area (TPSA) is 70.2 Å². The molecule has 2 heterocycles. The van der Waals surface area contributed by atoms with Gasteiger partial charge in [-0.2, -0.15) is 0 Å². The van der Waals surface area contributed by atoms with E-state index in [1.54, 1.807) is 6.07 Å². The maximum absolute atomic E-state index is 11.5. The molecule has 27 heavy (non-hydrogen) atoms. The van der Waals surface area contributed by atoms with Gasteiger partial charge in [0.2, 0.25) is 0 Å². The fraction of sp³-hybridized carbons (Fsp3) is 0.286. The minimum Gasteiger partial charge on any atom is -0.493 e. The molecule has 138 valence electrons. The zero-order valence-corrected chi connectivity index (χ0v) is 15.2. The van der Waals surface area contributed by atoms with Crippen LogP contribution in [0.4, 0.5) is 0 Å². The lowest BCUT2D eigenvalue weighted by Gasteiger charge is -2.08. The van der Waals surface area contributed by atoms with E-state index in [2.05, 4.69) is 10.3 Å². The molecule has 2 aromatic carbocycles. The molecule has 0 spiro atoms. The average molecular weight is 363 g/mol. The first kappa shape index (κ1) is 17.3. The summed E-state index contributed by atoms with van der Waals surface area (Å²) in [6.45, 7) is 3.37. The Morgan fingerprint density at radius 3 is 2.89 bits per heavy atom. The van der Waals surface area contributed by atoms with Crippen molar-refractivity contribution in [2.75, 3.05) is 6.61 Å². The second kappa shape index (κ2) is 7.61. The Morgan fingerprint density at radius 1 is 1.07 bits per heavy atom. The summed E-state index contributed by atoms with van der Waals surface area (Å²) >= 11 is 0. The predicted octanol–water partition coefficient (Wildman–Crippen LogP) is 4.10. The van der Waals surface area contributed by atoms with Crippen LogP contribution in [-0.2, 0) is 6.54 Å². The Morgan fingerprint density at radius 2 is 1.96 bits per heavy atom. The van der Waals surface area contributed by atoms with Crippen molar-refractivity contribution >= 4 is 22.0 Å². The largest absolute Gasteiger partial charge is 0.493 e. The monoisotopic (exact) mass is 363 g/mol. The second-order valence-electron chi connectivity index (χ2n) is 6.62. The zero-order valence-electron chi connectivity index (χ0n) is 15.2. The van der Waals surface area contributed by atoms with Gasteiger partial charge in [0.25, 0.3) is 0 Å². The van der Waals surface area contributed by atoms with Crippen molar-refractivity contribution in [1.29, 1.82) is 0 Å². The number of hydrogen-bond donors (Lipinski definition) is 0. The van der Waals surface area contributed by atoms with Crippen LogP contribution >= 0.6 is 0 Å². The Balaban J connectivity index is 1.26. The minimum absolute atomic E-state index is 0.335. The molecule has 0 aliphatic carbocycles. The lowest BCUT2D eigenvalue weighted by atomic mass is 10.1. The lowest BCUT2D eigenvalue weighted by Crippen LogP contribution is -2.02. The maximum atomic E-state index is 11.5. The fourth-order valence-corrected chi connectivity index (χ4v) is 3.21. The molecular weight excluding hydrogens is 342 g/mol. The van der Waals surface area contributed by atoms with Crippen molar-refractivity contribution in [3.63, 3.8) is 0 Å². The van der Waals surface area contributed by atoms with Gasteiger partial charge >= 0.3 is 5.63 Å². The molecule has 6 heteroatoms. The van der Waals surface area contributed by atoms with Gasteiger partial charge in [0.05, 0.1) is 12.1 Å². The Labute approximate surface area is 156 Å². The van der Waals surface area contributed by atoms with E-state index in [-0.39, 0.29) is 5.63 Å². The maximum Gasteiger partial charge on any atom is 0.336 e. The first-order valence-corrected chi connectivity index (χ1v) is 9.16. The van der Waals surface area contributed by atoms with Crippen LogP contribution in [0.15, 0.2) is 57.7 Å². The molecule has 0 unspecified atom stereocenters. The molecule has 0 fully saturated rings. The zero-order chi connectivity index (χ0) is 18.6. The summed E-state index contributed by atoms with van der Waals surface area (Å²) < 4.78 is 13.0. The van der Waals surface area contributed by atoms with Crippen LogP contribution in [0.1, 0.15) is 24.8 Å². The van der Waals surface area contributed by atoms with E-state index < -0.39 is 0 Å². The predicted molar refractivity (Wildman–Crippen MR) is 104 cm³/mol. The van der Waals surface area contributed by atoms with Gasteiger partial charge in [-0.1, -0.05) is 17.3 Å². The van der Waals surface area contributed by atoms with Crippen molar-refractivity contribution in [1.82, 2.24) is 15.0 Å². The van der Waals surface area contributed by atoms with Gasteiger partial charge in [-0.15, -0.1) is 5.10 Å². The third-order valence-corrected chi connectivity index (χ3v) is 4.63. The Hall–Kier alpha value is -3.15. The Bertz CT molecular complexity index is 1130. The normalized spacial score (nSPS) is 11.3. The summed E-state index contributed by atoms with van der Waals surface area (Å²) in [5, 5.41) is 9.30. The molecule has 0 amide bonds. The van der Waals surface area contributed by atoms with E-state index in [0.717, 1.165) is 53.5 Å². The fourth-order valence-electron chi connectivity index (χ4n) is 3.21. The molecule has 0 atom stereocenters. The summed E-state index contributed by atoms with van der Waals surface area (Å²) in [7, 11) is 0. The van der Waals surface area contributed by atoms with Crippen LogP contribution in [0, 0.1) is 6.92 Å². The number of nitrogens with zero attached hydrogens (tertiary/aromatic N) is 3. The highest BCUT2D eigenvalue weighted by Gasteiger charge is 2.05. The molecule has 0 aliphatic rings. The van der Waals surface area contributed by atoms with Crippen molar-refractivity contribution in [2.24, 2.45) is 0 Å². The highest BCUT2D eigenvalue weighted by molar-refractivity contribution is 5.81. The van der Waals surface area contributed by atoms with Crippen LogP contribution in [0.25, 0.3) is 22.0 Å². The molecule has 0 aliphatic heterocycles. The quantitative estimate of drug-likeness (QED) is 0.365. The number of aromatic nitrogens is 3. The van der Waals surface area contributed by atoms with Gasteiger partial charge in [0.15, 0.2) is 0 Å². The molecular formula is C21H21N3O3. The molecule has 4 aromatic rings. The van der Waals surface area contributed by atoms with Gasteiger partial charge in [-0.3, -0.25) is 0 Å². The molecule has 0 saturated heterocycles. The number of fused-ring (bicyclic) bond motifs is 2. The Kier molecular flexibility index (Phi) is 4.87. The first-order valence-electron chi connectivity index (χ1n) is 9.16. The second-order valence-corrected chi connectivity index (χ2v) is 6.62. The number of aryl methyl sites for hydroxylation is 2. The number of ether oxygens (including phenoxy) is 1. The number of benzene rings is 2. The van der Waals surface area contributed by atoms with Gasteiger partial charge in [-0.05, 0) is 56.0 Å². The summed E-state index contributed by atoms with van der Waals surface area (Å²) in [6, 6.07) is 15.1. The van der Waals surface area contributed by atoms with E-state index in [4.69, 9.17) is 9.15 Å². The molecule has 0 radical (unpaired) electrons. The third-order valence-electron chi connectivity index (χ3n) is 4.63. The van der Waals surface area contributed by atoms with Crippen LogP contribution in [-0.4, -0.2) is 21.6 Å². The van der Waals surface area contributed by atoms with E-state index in [0.29, 0.717) is 12.2 Å². The SMILES string of the molecule is Cc1cc(=O)oc2cc(OCCCCCn3nnc4ccccc43)ccc12. The summed E-state index contributed by atoms with van der Waals surface area (Å²) in [4.78, 5) is 11.5. The minimum atomic E-state index is -0.335. The van der Waals surface area contributed by atoms with Gasteiger partial charge in [-0.25, -0.2) is 9.48 Å². The van der Waals surface area contributed by atoms with Crippen LogP contribution in [0.3, 0.4) is 0 Å². The van der Waals surface area contributed by atoms with E-state index in [1.807, 2.05) is 48.0 Å². The highest BCUT2D eigenvalue weighted by atomic mass is 16.5. The van der Waals surface area contributed by atoms with Gasteiger partial charge in [0, 0.05) is 24.1 Å². The smallest absolute Gasteiger partial charge is 0.336 e. The van der Waals surface area contributed by atoms with Crippen LogP contribution in [0.2, 0.25) is 0 Å². The first-order chi connectivity index (χ1) is 13.2.